The molecule has 0 unspecified atom stereocenters. The van der Waals surface area contributed by atoms with Gasteiger partial charge in [0.25, 0.3) is 0 Å². The normalized spacial score (nSPS) is 28.1. The monoisotopic (exact) mass is 485 g/mol. The highest BCUT2D eigenvalue weighted by molar-refractivity contribution is 6.30. The third kappa shape index (κ3) is 4.07. The molecule has 0 radical (unpaired) electrons. The SMILES string of the molecule is O=C([C@@H]1CNC[C@]12CCCc1ncc(Cl)cc12)N1CC[C@@H](c2ccccc2)C[C@H]1c1ccccc1. The van der Waals surface area contributed by atoms with Crippen molar-refractivity contribution in [3.05, 3.63) is 100 Å². The van der Waals surface area contributed by atoms with Gasteiger partial charge in [-0.2, -0.15) is 0 Å². The van der Waals surface area contributed by atoms with Gasteiger partial charge in [-0.3, -0.25) is 9.78 Å². The fraction of sp³-hybridized carbons (Fsp3) is 0.400. The number of aromatic nitrogens is 1. The fourth-order valence-electron chi connectivity index (χ4n) is 6.88. The summed E-state index contributed by atoms with van der Waals surface area (Å²) in [5.41, 5.74) is 4.69. The van der Waals surface area contributed by atoms with Gasteiger partial charge in [-0.15, -0.1) is 0 Å². The summed E-state index contributed by atoms with van der Waals surface area (Å²) >= 11 is 6.41. The van der Waals surface area contributed by atoms with Crippen LogP contribution in [-0.2, 0) is 16.6 Å². The Bertz CT molecular complexity index is 1200. The van der Waals surface area contributed by atoms with Crippen LogP contribution in [0.1, 0.15) is 60.0 Å². The van der Waals surface area contributed by atoms with E-state index in [1.165, 1.54) is 16.7 Å². The zero-order valence-corrected chi connectivity index (χ0v) is 20.8. The maximum Gasteiger partial charge on any atom is 0.228 e. The average Bonchev–Trinajstić information content (AvgIpc) is 3.33. The van der Waals surface area contributed by atoms with Crippen molar-refractivity contribution >= 4 is 17.5 Å². The summed E-state index contributed by atoms with van der Waals surface area (Å²) in [6, 6.07) is 23.5. The lowest BCUT2D eigenvalue weighted by molar-refractivity contribution is -0.141. The summed E-state index contributed by atoms with van der Waals surface area (Å²) in [5, 5.41) is 4.25. The van der Waals surface area contributed by atoms with Crippen LogP contribution in [0, 0.1) is 5.92 Å². The lowest BCUT2D eigenvalue weighted by Gasteiger charge is -2.45. The Hall–Kier alpha value is -2.69. The summed E-state index contributed by atoms with van der Waals surface area (Å²) in [6.45, 7) is 2.31. The number of pyridine rings is 1. The Morgan fingerprint density at radius 1 is 1.06 bits per heavy atom. The van der Waals surface area contributed by atoms with Crippen LogP contribution in [0.15, 0.2) is 72.9 Å². The molecule has 180 valence electrons. The quantitative estimate of drug-likeness (QED) is 0.519. The van der Waals surface area contributed by atoms with Gasteiger partial charge < -0.3 is 10.2 Å². The fourth-order valence-corrected chi connectivity index (χ4v) is 7.04. The Morgan fingerprint density at radius 2 is 1.80 bits per heavy atom. The van der Waals surface area contributed by atoms with Crippen LogP contribution >= 0.6 is 11.6 Å². The van der Waals surface area contributed by atoms with E-state index in [1.807, 2.05) is 0 Å². The van der Waals surface area contributed by atoms with Crippen LogP contribution in [0.25, 0.3) is 0 Å². The van der Waals surface area contributed by atoms with Crippen LogP contribution in [0.3, 0.4) is 0 Å². The number of carbonyl (C=O) groups excluding carboxylic acids is 1. The molecule has 2 aromatic carbocycles. The number of halogens is 1. The number of rotatable bonds is 3. The number of amides is 1. The topological polar surface area (TPSA) is 45.2 Å². The molecule has 3 aliphatic rings. The van der Waals surface area contributed by atoms with Gasteiger partial charge >= 0.3 is 0 Å². The smallest absolute Gasteiger partial charge is 0.228 e. The Labute approximate surface area is 212 Å². The summed E-state index contributed by atoms with van der Waals surface area (Å²) in [6.07, 6.45) is 6.73. The van der Waals surface area contributed by atoms with Crippen LogP contribution in [-0.4, -0.2) is 35.4 Å². The standard InChI is InChI=1S/C30H32ClN3O/c31-24-17-25-27(33-18-24)12-7-14-30(25)20-32-19-26(30)29(35)34-15-13-23(21-8-3-1-4-9-21)16-28(34)22-10-5-2-6-11-22/h1-6,8-11,17-18,23,26,28,32H,7,12-16,19-20H2/t23-,26+,28+,30+/m1/s1. The maximum atomic E-state index is 14.4. The molecule has 3 aromatic rings. The molecular weight excluding hydrogens is 454 g/mol. The van der Waals surface area contributed by atoms with Crippen molar-refractivity contribution < 1.29 is 4.79 Å². The van der Waals surface area contributed by atoms with Crippen LogP contribution in [0.2, 0.25) is 5.02 Å². The van der Waals surface area contributed by atoms with Gasteiger partial charge in [0, 0.05) is 36.9 Å². The maximum absolute atomic E-state index is 14.4. The molecule has 4 atom stereocenters. The molecule has 5 heteroatoms. The first-order chi connectivity index (χ1) is 17.2. The minimum absolute atomic E-state index is 0.0841. The van der Waals surface area contributed by atoms with Gasteiger partial charge in [-0.25, -0.2) is 0 Å². The molecule has 2 fully saturated rings. The summed E-state index contributed by atoms with van der Waals surface area (Å²) in [4.78, 5) is 21.3. The first-order valence-corrected chi connectivity index (χ1v) is 13.3. The molecular formula is C30H32ClN3O. The third-order valence-corrected chi connectivity index (χ3v) is 8.81. The number of aryl methyl sites for hydroxylation is 1. The largest absolute Gasteiger partial charge is 0.335 e. The molecule has 2 aliphatic heterocycles. The van der Waals surface area contributed by atoms with Gasteiger partial charge in [0.1, 0.15) is 0 Å². The molecule has 1 aromatic heterocycles. The van der Waals surface area contributed by atoms with Gasteiger partial charge in [-0.05, 0) is 60.8 Å². The van der Waals surface area contributed by atoms with E-state index in [-0.39, 0.29) is 23.3 Å². The molecule has 1 amide bonds. The van der Waals surface area contributed by atoms with Crippen LogP contribution < -0.4 is 5.32 Å². The highest BCUT2D eigenvalue weighted by Gasteiger charge is 2.52. The van der Waals surface area contributed by atoms with E-state index in [2.05, 4.69) is 81.9 Å². The van der Waals surface area contributed by atoms with Gasteiger partial charge in [-0.1, -0.05) is 72.3 Å². The number of hydrogen-bond acceptors (Lipinski definition) is 3. The zero-order chi connectivity index (χ0) is 23.8. The summed E-state index contributed by atoms with van der Waals surface area (Å²) < 4.78 is 0. The van der Waals surface area contributed by atoms with E-state index in [1.54, 1.807) is 6.20 Å². The predicted molar refractivity (Wildman–Crippen MR) is 140 cm³/mol. The van der Waals surface area contributed by atoms with E-state index in [0.717, 1.165) is 50.9 Å². The number of hydrogen-bond donors (Lipinski definition) is 1. The lowest BCUT2D eigenvalue weighted by atomic mass is 9.65. The van der Waals surface area contributed by atoms with Crippen molar-refractivity contribution in [3.63, 3.8) is 0 Å². The number of fused-ring (bicyclic) bond motifs is 2. The molecule has 1 N–H and O–H groups in total. The Balaban J connectivity index is 1.34. The molecule has 4 nitrogen and oxygen atoms in total. The van der Waals surface area contributed by atoms with Crippen molar-refractivity contribution in [2.75, 3.05) is 19.6 Å². The second-order valence-corrected chi connectivity index (χ2v) is 10.9. The van der Waals surface area contributed by atoms with Gasteiger partial charge in [0.15, 0.2) is 0 Å². The molecule has 35 heavy (non-hydrogen) atoms. The van der Waals surface area contributed by atoms with Crippen molar-refractivity contribution in [2.24, 2.45) is 5.92 Å². The predicted octanol–water partition coefficient (Wildman–Crippen LogP) is 5.68. The Morgan fingerprint density at radius 3 is 2.57 bits per heavy atom. The highest BCUT2D eigenvalue weighted by atomic mass is 35.5. The second kappa shape index (κ2) is 9.40. The van der Waals surface area contributed by atoms with E-state index in [9.17, 15) is 4.79 Å². The number of likely N-dealkylation sites (tertiary alicyclic amines) is 1. The van der Waals surface area contributed by atoms with Crippen molar-refractivity contribution in [3.8, 4) is 0 Å². The van der Waals surface area contributed by atoms with E-state index in [0.29, 0.717) is 17.5 Å². The molecule has 0 saturated carbocycles. The molecule has 1 aliphatic carbocycles. The summed E-state index contributed by atoms with van der Waals surface area (Å²) in [7, 11) is 0. The third-order valence-electron chi connectivity index (χ3n) is 8.60. The first-order valence-electron chi connectivity index (χ1n) is 12.9. The minimum Gasteiger partial charge on any atom is -0.335 e. The molecule has 0 bridgehead atoms. The van der Waals surface area contributed by atoms with Gasteiger partial charge in [0.2, 0.25) is 5.91 Å². The number of nitrogens with zero attached hydrogens (tertiary/aromatic N) is 2. The summed E-state index contributed by atoms with van der Waals surface area (Å²) in [5.74, 6) is 0.643. The number of nitrogens with one attached hydrogen (secondary N) is 1. The lowest BCUT2D eigenvalue weighted by Crippen LogP contribution is -2.50. The number of piperidine rings is 1. The minimum atomic E-state index is -0.222. The molecule has 1 spiro atoms. The van der Waals surface area contributed by atoms with E-state index >= 15 is 0 Å². The van der Waals surface area contributed by atoms with Crippen LogP contribution in [0.5, 0.6) is 0 Å². The molecule has 2 saturated heterocycles. The zero-order valence-electron chi connectivity index (χ0n) is 20.0. The van der Waals surface area contributed by atoms with Crippen LogP contribution in [0.4, 0.5) is 0 Å². The average molecular weight is 486 g/mol. The second-order valence-electron chi connectivity index (χ2n) is 10.4. The van der Waals surface area contributed by atoms with E-state index < -0.39 is 0 Å². The molecule has 6 rings (SSSR count). The molecule has 3 heterocycles. The number of carbonyl (C=O) groups is 1. The highest BCUT2D eigenvalue weighted by Crippen LogP contribution is 2.48. The van der Waals surface area contributed by atoms with Crippen molar-refractivity contribution in [1.82, 2.24) is 15.2 Å². The van der Waals surface area contributed by atoms with Crippen molar-refractivity contribution in [1.29, 1.82) is 0 Å². The first kappa shape index (κ1) is 22.8. The van der Waals surface area contributed by atoms with Crippen molar-refractivity contribution in [2.45, 2.75) is 49.5 Å². The number of benzene rings is 2. The Kier molecular flexibility index (Phi) is 6.11. The van der Waals surface area contributed by atoms with E-state index in [4.69, 9.17) is 11.6 Å². The van der Waals surface area contributed by atoms with Gasteiger partial charge in [0.05, 0.1) is 17.0 Å².